The summed E-state index contributed by atoms with van der Waals surface area (Å²) in [7, 11) is 0. The van der Waals surface area contributed by atoms with Crippen LogP contribution in [0.3, 0.4) is 0 Å². The minimum Gasteiger partial charge on any atom is -0.309 e. The van der Waals surface area contributed by atoms with Crippen LogP contribution in [0.15, 0.2) is 35.6 Å². The lowest BCUT2D eigenvalue weighted by molar-refractivity contribution is 1.05. The maximum absolute atomic E-state index is 4.38. The highest BCUT2D eigenvalue weighted by molar-refractivity contribution is 7.98. The van der Waals surface area contributed by atoms with Crippen LogP contribution < -0.4 is 0 Å². The Morgan fingerprint density at radius 2 is 2.27 bits per heavy atom. The molecule has 0 N–H and O–H groups in total. The van der Waals surface area contributed by atoms with E-state index in [1.807, 2.05) is 41.2 Å². The predicted octanol–water partition coefficient (Wildman–Crippen LogP) is 2.06. The standard InChI is InChI=1S/C8H8N2S/c1-11-8-4-6-10-5-2-3-7(10)9-8/h2-6H,1H3. The van der Waals surface area contributed by atoms with E-state index in [0.717, 1.165) is 10.7 Å². The molecule has 2 aromatic rings. The van der Waals surface area contributed by atoms with Gasteiger partial charge in [0.1, 0.15) is 5.65 Å². The minimum atomic E-state index is 1.01. The van der Waals surface area contributed by atoms with Gasteiger partial charge >= 0.3 is 0 Å². The number of thioether (sulfide) groups is 1. The van der Waals surface area contributed by atoms with E-state index in [1.54, 1.807) is 11.8 Å². The van der Waals surface area contributed by atoms with Crippen molar-refractivity contribution in [3.63, 3.8) is 0 Å². The molecule has 0 amide bonds. The van der Waals surface area contributed by atoms with E-state index in [2.05, 4.69) is 4.98 Å². The summed E-state index contributed by atoms with van der Waals surface area (Å²) in [5.41, 5.74) is 1.01. The Hall–Kier alpha value is -0.960. The van der Waals surface area contributed by atoms with Crippen LogP contribution in [-0.2, 0) is 0 Å². The molecule has 0 radical (unpaired) electrons. The van der Waals surface area contributed by atoms with Crippen molar-refractivity contribution in [1.29, 1.82) is 0 Å². The minimum absolute atomic E-state index is 1.01. The van der Waals surface area contributed by atoms with Crippen LogP contribution in [0.4, 0.5) is 0 Å². The Balaban J connectivity index is 2.67. The highest BCUT2D eigenvalue weighted by Crippen LogP contribution is 2.11. The molecular weight excluding hydrogens is 156 g/mol. The van der Waals surface area contributed by atoms with Gasteiger partial charge in [-0.05, 0) is 24.5 Å². The molecule has 0 spiro atoms. The Kier molecular flexibility index (Phi) is 1.58. The summed E-state index contributed by atoms with van der Waals surface area (Å²) < 4.78 is 2.00. The largest absolute Gasteiger partial charge is 0.309 e. The van der Waals surface area contributed by atoms with Gasteiger partial charge in [-0.25, -0.2) is 4.98 Å². The molecule has 2 aromatic heterocycles. The van der Waals surface area contributed by atoms with Gasteiger partial charge in [-0.1, -0.05) is 0 Å². The van der Waals surface area contributed by atoms with Gasteiger partial charge in [0.2, 0.25) is 0 Å². The van der Waals surface area contributed by atoms with E-state index in [9.17, 15) is 0 Å². The van der Waals surface area contributed by atoms with Crippen molar-refractivity contribution in [2.45, 2.75) is 5.03 Å². The lowest BCUT2D eigenvalue weighted by Crippen LogP contribution is -1.85. The second-order valence-corrected chi connectivity index (χ2v) is 3.07. The fourth-order valence-electron chi connectivity index (χ4n) is 1.01. The molecule has 2 heterocycles. The van der Waals surface area contributed by atoms with Crippen molar-refractivity contribution < 1.29 is 0 Å². The summed E-state index contributed by atoms with van der Waals surface area (Å²) in [6.07, 6.45) is 6.04. The van der Waals surface area contributed by atoms with Crippen LogP contribution in [-0.4, -0.2) is 15.6 Å². The van der Waals surface area contributed by atoms with E-state index in [4.69, 9.17) is 0 Å². The molecule has 0 saturated carbocycles. The van der Waals surface area contributed by atoms with Gasteiger partial charge in [0.05, 0.1) is 5.03 Å². The SMILES string of the molecule is CSc1ccn2cccc2n1. The molecule has 0 aromatic carbocycles. The summed E-state index contributed by atoms with van der Waals surface area (Å²) in [4.78, 5) is 4.38. The first-order valence-corrected chi connectivity index (χ1v) is 4.60. The van der Waals surface area contributed by atoms with Gasteiger partial charge in [-0.2, -0.15) is 0 Å². The van der Waals surface area contributed by atoms with Crippen LogP contribution in [0.25, 0.3) is 5.65 Å². The molecule has 0 unspecified atom stereocenters. The lowest BCUT2D eigenvalue weighted by atomic mass is 10.6. The van der Waals surface area contributed by atoms with Gasteiger partial charge in [0.25, 0.3) is 0 Å². The molecule has 0 aliphatic rings. The van der Waals surface area contributed by atoms with Crippen molar-refractivity contribution in [2.75, 3.05) is 6.26 Å². The van der Waals surface area contributed by atoms with Crippen molar-refractivity contribution in [3.05, 3.63) is 30.6 Å². The topological polar surface area (TPSA) is 17.3 Å². The van der Waals surface area contributed by atoms with Crippen molar-refractivity contribution >= 4 is 17.4 Å². The quantitative estimate of drug-likeness (QED) is 0.474. The van der Waals surface area contributed by atoms with E-state index in [-0.39, 0.29) is 0 Å². The maximum atomic E-state index is 4.38. The van der Waals surface area contributed by atoms with Crippen LogP contribution in [0.2, 0.25) is 0 Å². The van der Waals surface area contributed by atoms with Gasteiger partial charge in [0, 0.05) is 12.4 Å². The van der Waals surface area contributed by atoms with Crippen LogP contribution in [0, 0.1) is 0 Å². The maximum Gasteiger partial charge on any atom is 0.137 e. The summed E-state index contributed by atoms with van der Waals surface area (Å²) in [6.45, 7) is 0. The third kappa shape index (κ3) is 1.12. The fourth-order valence-corrected chi connectivity index (χ4v) is 1.39. The van der Waals surface area contributed by atoms with Gasteiger partial charge in [-0.3, -0.25) is 0 Å². The van der Waals surface area contributed by atoms with Crippen LogP contribution >= 0.6 is 11.8 Å². The molecule has 11 heavy (non-hydrogen) atoms. The van der Waals surface area contributed by atoms with Gasteiger partial charge < -0.3 is 4.40 Å². The molecule has 56 valence electrons. The summed E-state index contributed by atoms with van der Waals surface area (Å²) in [5.74, 6) is 0. The number of aromatic nitrogens is 2. The van der Waals surface area contributed by atoms with Crippen LogP contribution in [0.1, 0.15) is 0 Å². The molecular formula is C8H8N2S. The fraction of sp³-hybridized carbons (Fsp3) is 0.125. The molecule has 2 nitrogen and oxygen atoms in total. The van der Waals surface area contributed by atoms with E-state index < -0.39 is 0 Å². The summed E-state index contributed by atoms with van der Waals surface area (Å²) >= 11 is 1.66. The zero-order valence-corrected chi connectivity index (χ0v) is 7.01. The molecule has 0 saturated heterocycles. The zero-order chi connectivity index (χ0) is 7.68. The molecule has 0 aliphatic heterocycles. The monoisotopic (exact) mass is 164 g/mol. The average molecular weight is 164 g/mol. The van der Waals surface area contributed by atoms with E-state index >= 15 is 0 Å². The van der Waals surface area contributed by atoms with Crippen molar-refractivity contribution in [1.82, 2.24) is 9.38 Å². The molecule has 2 rings (SSSR count). The number of hydrogen-bond acceptors (Lipinski definition) is 2. The van der Waals surface area contributed by atoms with E-state index in [1.165, 1.54) is 0 Å². The Bertz CT molecular complexity index is 367. The summed E-state index contributed by atoms with van der Waals surface area (Å²) in [5, 5.41) is 1.07. The van der Waals surface area contributed by atoms with Crippen molar-refractivity contribution in [3.8, 4) is 0 Å². The number of rotatable bonds is 1. The Morgan fingerprint density at radius 3 is 3.09 bits per heavy atom. The lowest BCUT2D eigenvalue weighted by Gasteiger charge is -1.95. The number of nitrogens with zero attached hydrogens (tertiary/aromatic N) is 2. The smallest absolute Gasteiger partial charge is 0.137 e. The highest BCUT2D eigenvalue weighted by Gasteiger charge is 1.93. The third-order valence-corrected chi connectivity index (χ3v) is 2.21. The first-order chi connectivity index (χ1) is 5.40. The highest BCUT2D eigenvalue weighted by atomic mass is 32.2. The summed E-state index contributed by atoms with van der Waals surface area (Å²) in [6, 6.07) is 6.00. The number of hydrogen-bond donors (Lipinski definition) is 0. The van der Waals surface area contributed by atoms with Crippen molar-refractivity contribution in [2.24, 2.45) is 0 Å². The van der Waals surface area contributed by atoms with Gasteiger partial charge in [0.15, 0.2) is 0 Å². The molecule has 0 fully saturated rings. The molecule has 0 bridgehead atoms. The van der Waals surface area contributed by atoms with E-state index in [0.29, 0.717) is 0 Å². The molecule has 0 atom stereocenters. The van der Waals surface area contributed by atoms with Crippen LogP contribution in [0.5, 0.6) is 0 Å². The van der Waals surface area contributed by atoms with Gasteiger partial charge in [-0.15, -0.1) is 11.8 Å². The second kappa shape index (κ2) is 2.58. The molecule has 3 heteroatoms. The number of fused-ring (bicyclic) bond motifs is 1. The predicted molar refractivity (Wildman–Crippen MR) is 47.0 cm³/mol. The first-order valence-electron chi connectivity index (χ1n) is 3.38. The Labute approximate surface area is 69.3 Å². The second-order valence-electron chi connectivity index (χ2n) is 2.24. The average Bonchev–Trinajstić information content (AvgIpc) is 2.50. The Morgan fingerprint density at radius 1 is 1.36 bits per heavy atom. The first kappa shape index (κ1) is 6.73. The molecule has 0 aliphatic carbocycles. The zero-order valence-electron chi connectivity index (χ0n) is 6.19. The normalized spacial score (nSPS) is 10.6. The third-order valence-electron chi connectivity index (χ3n) is 1.57.